The fourth-order valence-electron chi connectivity index (χ4n) is 4.40. The van der Waals surface area contributed by atoms with Gasteiger partial charge in [-0.3, -0.25) is 19.2 Å². The molecule has 1 aromatic heterocycles. The number of halogens is 3. The molecule has 0 aliphatic rings. The van der Waals surface area contributed by atoms with E-state index >= 15 is 4.39 Å². The maximum absolute atomic E-state index is 15.1. The van der Waals surface area contributed by atoms with E-state index in [4.69, 9.17) is 0 Å². The van der Waals surface area contributed by atoms with E-state index in [1.807, 2.05) is 0 Å². The molecule has 0 fully saturated rings. The van der Waals surface area contributed by atoms with Crippen molar-refractivity contribution in [2.45, 2.75) is 45.7 Å². The average molecular weight is 558 g/mol. The molecule has 11 heteroatoms. The van der Waals surface area contributed by atoms with Crippen LogP contribution >= 0.6 is 0 Å². The molecule has 0 aliphatic heterocycles. The monoisotopic (exact) mass is 557 g/mol. The first-order chi connectivity index (χ1) is 18.8. The molecule has 0 radical (unpaired) electrons. The summed E-state index contributed by atoms with van der Waals surface area (Å²) in [6.07, 6.45) is 0.720. The lowest BCUT2D eigenvalue weighted by atomic mass is 9.94. The highest BCUT2D eigenvalue weighted by Crippen LogP contribution is 2.32. The second-order valence-electron chi connectivity index (χ2n) is 9.95. The first-order valence-corrected chi connectivity index (χ1v) is 12.5. The van der Waals surface area contributed by atoms with Crippen molar-refractivity contribution < 1.29 is 32.7 Å². The van der Waals surface area contributed by atoms with E-state index < -0.39 is 64.9 Å². The third-order valence-corrected chi connectivity index (χ3v) is 6.33. The van der Waals surface area contributed by atoms with E-state index in [1.165, 1.54) is 36.0 Å². The van der Waals surface area contributed by atoms with Gasteiger partial charge in [0.05, 0.1) is 12.5 Å². The second kappa shape index (κ2) is 12.6. The van der Waals surface area contributed by atoms with Crippen molar-refractivity contribution in [2.24, 2.45) is 13.0 Å². The van der Waals surface area contributed by atoms with Crippen LogP contribution in [-0.4, -0.2) is 33.5 Å². The summed E-state index contributed by atoms with van der Waals surface area (Å²) in [5.41, 5.74) is -0.916. The summed E-state index contributed by atoms with van der Waals surface area (Å²) in [6, 6.07) is 6.06. The number of rotatable bonds is 10. The Morgan fingerprint density at radius 1 is 1.00 bits per heavy atom. The van der Waals surface area contributed by atoms with Crippen LogP contribution < -0.4 is 16.2 Å². The number of carbonyl (C=O) groups excluding carboxylic acids is 2. The molecule has 2 aromatic carbocycles. The van der Waals surface area contributed by atoms with Crippen molar-refractivity contribution in [2.75, 3.05) is 0 Å². The number of aryl methyl sites for hydroxylation is 2. The minimum absolute atomic E-state index is 0.00237. The van der Waals surface area contributed by atoms with Crippen molar-refractivity contribution in [3.63, 3.8) is 0 Å². The zero-order valence-electron chi connectivity index (χ0n) is 22.4. The Hall–Kier alpha value is -4.41. The summed E-state index contributed by atoms with van der Waals surface area (Å²) in [7, 11) is 1.46. The van der Waals surface area contributed by atoms with Gasteiger partial charge in [-0.1, -0.05) is 26.0 Å². The molecular formula is C29H30F3N3O5. The lowest BCUT2D eigenvalue weighted by Gasteiger charge is -2.25. The van der Waals surface area contributed by atoms with E-state index in [-0.39, 0.29) is 29.0 Å². The molecule has 0 aliphatic carbocycles. The van der Waals surface area contributed by atoms with E-state index in [1.54, 1.807) is 26.8 Å². The maximum Gasteiger partial charge on any atom is 0.305 e. The van der Waals surface area contributed by atoms with Crippen LogP contribution in [0.2, 0.25) is 0 Å². The average Bonchev–Trinajstić information content (AvgIpc) is 2.86. The van der Waals surface area contributed by atoms with Crippen LogP contribution in [-0.2, 0) is 16.6 Å². The lowest BCUT2D eigenvalue weighted by Crippen LogP contribution is -2.49. The normalized spacial score (nSPS) is 12.6. The van der Waals surface area contributed by atoms with Crippen LogP contribution in [0.25, 0.3) is 11.1 Å². The quantitative estimate of drug-likeness (QED) is 0.345. The minimum Gasteiger partial charge on any atom is -0.481 e. The van der Waals surface area contributed by atoms with Crippen LogP contribution in [0, 0.1) is 30.3 Å². The standard InChI is InChI=1S/C29H30F3N3O5/c1-15(2)11-23(34-27(38)18-8-6-10-35(4)29(18)40)28(39)33-22(14-24(36)37)19-12-17(13-21(31)26(19)32)25-16(3)7-5-9-20(25)30/h5-10,12-13,15,22-23H,11,14H2,1-4H3,(H,33,39)(H,34,38)(H,36,37)/t22-,23-/m0/s1. The number of benzene rings is 2. The molecule has 0 saturated carbocycles. The topological polar surface area (TPSA) is 118 Å². The number of pyridine rings is 1. The Kier molecular flexibility index (Phi) is 9.51. The van der Waals surface area contributed by atoms with Gasteiger partial charge in [0.25, 0.3) is 11.5 Å². The van der Waals surface area contributed by atoms with Crippen molar-refractivity contribution in [1.82, 2.24) is 15.2 Å². The van der Waals surface area contributed by atoms with Gasteiger partial charge in [-0.15, -0.1) is 0 Å². The maximum atomic E-state index is 15.1. The number of aromatic nitrogens is 1. The van der Waals surface area contributed by atoms with Crippen molar-refractivity contribution in [1.29, 1.82) is 0 Å². The summed E-state index contributed by atoms with van der Waals surface area (Å²) in [5, 5.41) is 14.4. The fraction of sp³-hybridized carbons (Fsp3) is 0.310. The summed E-state index contributed by atoms with van der Waals surface area (Å²) in [5.74, 6) is -6.70. The Balaban J connectivity index is 2.00. The molecule has 3 N–H and O–H groups in total. The molecule has 40 heavy (non-hydrogen) atoms. The van der Waals surface area contributed by atoms with Gasteiger partial charge in [0, 0.05) is 24.4 Å². The van der Waals surface area contributed by atoms with E-state index in [2.05, 4.69) is 10.6 Å². The smallest absolute Gasteiger partial charge is 0.305 e. The van der Waals surface area contributed by atoms with Gasteiger partial charge < -0.3 is 20.3 Å². The fourth-order valence-corrected chi connectivity index (χ4v) is 4.40. The lowest BCUT2D eigenvalue weighted by molar-refractivity contribution is -0.137. The van der Waals surface area contributed by atoms with Crippen LogP contribution in [0.5, 0.6) is 0 Å². The van der Waals surface area contributed by atoms with Crippen molar-refractivity contribution >= 4 is 17.8 Å². The minimum atomic E-state index is -1.57. The van der Waals surface area contributed by atoms with Gasteiger partial charge in [-0.25, -0.2) is 13.2 Å². The van der Waals surface area contributed by atoms with Gasteiger partial charge in [0.15, 0.2) is 11.6 Å². The molecule has 212 valence electrons. The number of carboxylic acid groups (broad SMARTS) is 1. The molecule has 0 bridgehead atoms. The zero-order valence-corrected chi connectivity index (χ0v) is 22.4. The number of hydrogen-bond donors (Lipinski definition) is 3. The molecule has 0 spiro atoms. The molecule has 8 nitrogen and oxygen atoms in total. The van der Waals surface area contributed by atoms with Crippen LogP contribution in [0.1, 0.15) is 54.2 Å². The summed E-state index contributed by atoms with van der Waals surface area (Å²) in [6.45, 7) is 5.13. The van der Waals surface area contributed by atoms with Crippen LogP contribution in [0.3, 0.4) is 0 Å². The number of carboxylic acids is 1. The Morgan fingerprint density at radius 3 is 2.33 bits per heavy atom. The van der Waals surface area contributed by atoms with Gasteiger partial charge in [0.2, 0.25) is 5.91 Å². The number of amides is 2. The van der Waals surface area contributed by atoms with Crippen LogP contribution in [0.4, 0.5) is 13.2 Å². The molecule has 3 aromatic rings. The summed E-state index contributed by atoms with van der Waals surface area (Å²) >= 11 is 0. The first kappa shape index (κ1) is 30.1. The third-order valence-electron chi connectivity index (χ3n) is 6.33. The molecule has 2 amide bonds. The Labute approximate surface area is 228 Å². The highest BCUT2D eigenvalue weighted by molar-refractivity contribution is 5.97. The number of hydrogen-bond acceptors (Lipinski definition) is 4. The first-order valence-electron chi connectivity index (χ1n) is 12.5. The number of nitrogens with one attached hydrogen (secondary N) is 2. The highest BCUT2D eigenvalue weighted by Gasteiger charge is 2.30. The molecule has 0 saturated heterocycles. The van der Waals surface area contributed by atoms with Gasteiger partial charge in [0.1, 0.15) is 17.4 Å². The van der Waals surface area contributed by atoms with E-state index in [0.29, 0.717) is 5.56 Å². The zero-order chi connectivity index (χ0) is 29.7. The van der Waals surface area contributed by atoms with Gasteiger partial charge in [-0.2, -0.15) is 0 Å². The van der Waals surface area contributed by atoms with Crippen LogP contribution in [0.15, 0.2) is 53.5 Å². The Bertz CT molecular complexity index is 1480. The second-order valence-corrected chi connectivity index (χ2v) is 9.95. The summed E-state index contributed by atoms with van der Waals surface area (Å²) in [4.78, 5) is 50.2. The Morgan fingerprint density at radius 2 is 1.70 bits per heavy atom. The van der Waals surface area contributed by atoms with E-state index in [9.17, 15) is 33.1 Å². The van der Waals surface area contributed by atoms with Gasteiger partial charge in [-0.05, 0) is 60.7 Å². The molecular weight excluding hydrogens is 527 g/mol. The van der Waals surface area contributed by atoms with E-state index in [0.717, 1.165) is 18.2 Å². The number of aliphatic carboxylic acids is 1. The van der Waals surface area contributed by atoms with Gasteiger partial charge >= 0.3 is 5.97 Å². The SMILES string of the molecule is Cc1cccc(F)c1-c1cc(F)c(F)c([C@H](CC(=O)O)NC(=O)[C@H](CC(C)C)NC(=O)c2cccn(C)c2=O)c1. The molecule has 3 rings (SSSR count). The number of carbonyl (C=O) groups is 3. The molecule has 2 atom stereocenters. The molecule has 1 heterocycles. The highest BCUT2D eigenvalue weighted by atomic mass is 19.2. The van der Waals surface area contributed by atoms with Crippen molar-refractivity contribution in [3.05, 3.63) is 93.2 Å². The van der Waals surface area contributed by atoms with Crippen molar-refractivity contribution in [3.8, 4) is 11.1 Å². The predicted molar refractivity (Wildman–Crippen MR) is 142 cm³/mol. The third kappa shape index (κ3) is 6.96. The largest absolute Gasteiger partial charge is 0.481 e. The summed E-state index contributed by atoms with van der Waals surface area (Å²) < 4.78 is 45.6. The predicted octanol–water partition coefficient (Wildman–Crippen LogP) is 4.25. The number of nitrogens with zero attached hydrogens (tertiary/aromatic N) is 1. The molecule has 0 unspecified atom stereocenters.